The van der Waals surface area contributed by atoms with Crippen LogP contribution in [0.15, 0.2) is 6.33 Å². The Morgan fingerprint density at radius 2 is 2.26 bits per heavy atom. The molecule has 108 valence electrons. The van der Waals surface area contributed by atoms with E-state index in [4.69, 9.17) is 0 Å². The zero-order chi connectivity index (χ0) is 13.5. The topological polar surface area (TPSA) is 46.0 Å². The van der Waals surface area contributed by atoms with Crippen LogP contribution in [0.4, 0.5) is 0 Å². The largest absolute Gasteiger partial charge is 0.315 e. The van der Waals surface area contributed by atoms with Crippen LogP contribution < -0.4 is 5.32 Å². The SMILES string of the molecule is CCCCCC(C)NCCN1CCn2cnnc2C1. The van der Waals surface area contributed by atoms with Crippen LogP contribution in [0.1, 0.15) is 45.4 Å². The standard InChI is InChI=1S/C14H27N5/c1-3-4-5-6-13(2)15-7-8-18-9-10-19-12-16-17-14(19)11-18/h12-13,15H,3-11H2,1-2H3. The van der Waals surface area contributed by atoms with E-state index in [-0.39, 0.29) is 0 Å². The molecule has 1 aromatic heterocycles. The summed E-state index contributed by atoms with van der Waals surface area (Å²) in [5.41, 5.74) is 0. The van der Waals surface area contributed by atoms with Gasteiger partial charge < -0.3 is 9.88 Å². The zero-order valence-corrected chi connectivity index (χ0v) is 12.3. The van der Waals surface area contributed by atoms with Crippen LogP contribution in [0.3, 0.4) is 0 Å². The predicted octanol–water partition coefficient (Wildman–Crippen LogP) is 1.65. The minimum absolute atomic E-state index is 0.639. The third-order valence-electron chi connectivity index (χ3n) is 3.88. The van der Waals surface area contributed by atoms with E-state index in [1.807, 2.05) is 6.33 Å². The Balaban J connectivity index is 1.59. The number of unbranched alkanes of at least 4 members (excludes halogenated alkanes) is 2. The summed E-state index contributed by atoms with van der Waals surface area (Å²) in [5, 5.41) is 11.7. The fourth-order valence-corrected chi connectivity index (χ4v) is 2.58. The lowest BCUT2D eigenvalue weighted by Crippen LogP contribution is -2.40. The normalized spacial score (nSPS) is 17.4. The van der Waals surface area contributed by atoms with E-state index in [0.717, 1.165) is 38.5 Å². The zero-order valence-electron chi connectivity index (χ0n) is 12.3. The first kappa shape index (κ1) is 14.5. The quantitative estimate of drug-likeness (QED) is 0.726. The van der Waals surface area contributed by atoms with Gasteiger partial charge in [-0.1, -0.05) is 26.2 Å². The van der Waals surface area contributed by atoms with E-state index < -0.39 is 0 Å². The second-order valence-corrected chi connectivity index (χ2v) is 5.57. The third kappa shape index (κ3) is 4.58. The van der Waals surface area contributed by atoms with Crippen molar-refractivity contribution >= 4 is 0 Å². The van der Waals surface area contributed by atoms with E-state index in [9.17, 15) is 0 Å². The highest BCUT2D eigenvalue weighted by Gasteiger charge is 2.16. The molecule has 0 amide bonds. The molecule has 0 saturated heterocycles. The van der Waals surface area contributed by atoms with Gasteiger partial charge in [0.05, 0.1) is 6.54 Å². The summed E-state index contributed by atoms with van der Waals surface area (Å²) in [6, 6.07) is 0.639. The maximum atomic E-state index is 4.15. The number of nitrogens with zero attached hydrogens (tertiary/aromatic N) is 4. The molecule has 0 spiro atoms. The molecular formula is C14H27N5. The van der Waals surface area contributed by atoms with E-state index >= 15 is 0 Å². The summed E-state index contributed by atoms with van der Waals surface area (Å²) in [5.74, 6) is 1.10. The van der Waals surface area contributed by atoms with Crippen LogP contribution in [0.5, 0.6) is 0 Å². The first-order chi connectivity index (χ1) is 9.29. The summed E-state index contributed by atoms with van der Waals surface area (Å²) in [6.45, 7) is 9.79. The monoisotopic (exact) mass is 265 g/mol. The van der Waals surface area contributed by atoms with Gasteiger partial charge in [0.15, 0.2) is 0 Å². The molecular weight excluding hydrogens is 238 g/mol. The van der Waals surface area contributed by atoms with Gasteiger partial charge in [-0.15, -0.1) is 10.2 Å². The molecule has 5 nitrogen and oxygen atoms in total. The molecule has 1 aromatic rings. The van der Waals surface area contributed by atoms with Gasteiger partial charge in [-0.3, -0.25) is 4.90 Å². The lowest BCUT2D eigenvalue weighted by atomic mass is 10.1. The van der Waals surface area contributed by atoms with Crippen molar-refractivity contribution in [2.45, 2.75) is 58.7 Å². The predicted molar refractivity (Wildman–Crippen MR) is 76.9 cm³/mol. The van der Waals surface area contributed by atoms with Crippen molar-refractivity contribution in [1.82, 2.24) is 25.0 Å². The van der Waals surface area contributed by atoms with Crippen molar-refractivity contribution in [3.8, 4) is 0 Å². The minimum atomic E-state index is 0.639. The van der Waals surface area contributed by atoms with Crippen molar-refractivity contribution in [2.75, 3.05) is 19.6 Å². The second-order valence-electron chi connectivity index (χ2n) is 5.57. The molecule has 1 N–H and O–H groups in total. The molecule has 5 heteroatoms. The number of nitrogens with one attached hydrogen (secondary N) is 1. The molecule has 1 unspecified atom stereocenters. The van der Waals surface area contributed by atoms with Gasteiger partial charge in [0.2, 0.25) is 0 Å². The number of hydrogen-bond donors (Lipinski definition) is 1. The van der Waals surface area contributed by atoms with Gasteiger partial charge >= 0.3 is 0 Å². The maximum absolute atomic E-state index is 4.15. The van der Waals surface area contributed by atoms with Gasteiger partial charge in [0.1, 0.15) is 12.2 Å². The highest BCUT2D eigenvalue weighted by Crippen LogP contribution is 2.08. The van der Waals surface area contributed by atoms with Crippen molar-refractivity contribution in [3.63, 3.8) is 0 Å². The highest BCUT2D eigenvalue weighted by molar-refractivity contribution is 4.89. The second kappa shape index (κ2) is 7.60. The molecule has 0 bridgehead atoms. The Kier molecular flexibility index (Phi) is 5.79. The number of fused-ring (bicyclic) bond motifs is 1. The van der Waals surface area contributed by atoms with Gasteiger partial charge in [0.25, 0.3) is 0 Å². The number of rotatable bonds is 8. The molecule has 0 saturated carbocycles. The Morgan fingerprint density at radius 1 is 1.37 bits per heavy atom. The van der Waals surface area contributed by atoms with E-state index in [1.54, 1.807) is 0 Å². The average molecular weight is 265 g/mol. The first-order valence-electron chi connectivity index (χ1n) is 7.62. The van der Waals surface area contributed by atoms with Crippen molar-refractivity contribution in [2.24, 2.45) is 0 Å². The summed E-state index contributed by atoms with van der Waals surface area (Å²) >= 11 is 0. The third-order valence-corrected chi connectivity index (χ3v) is 3.88. The summed E-state index contributed by atoms with van der Waals surface area (Å²) < 4.78 is 2.15. The van der Waals surface area contributed by atoms with Crippen LogP contribution >= 0.6 is 0 Å². The maximum Gasteiger partial charge on any atom is 0.147 e. The van der Waals surface area contributed by atoms with Gasteiger partial charge in [0, 0.05) is 32.2 Å². The Bertz CT molecular complexity index is 362. The molecule has 1 atom stereocenters. The number of aromatic nitrogens is 3. The molecule has 2 rings (SSSR count). The van der Waals surface area contributed by atoms with Crippen molar-refractivity contribution in [1.29, 1.82) is 0 Å². The molecule has 0 fully saturated rings. The molecule has 0 radical (unpaired) electrons. The fourth-order valence-electron chi connectivity index (χ4n) is 2.58. The van der Waals surface area contributed by atoms with Gasteiger partial charge in [-0.25, -0.2) is 0 Å². The van der Waals surface area contributed by atoms with Crippen molar-refractivity contribution < 1.29 is 0 Å². The van der Waals surface area contributed by atoms with Crippen LogP contribution in [-0.4, -0.2) is 45.3 Å². The van der Waals surface area contributed by atoms with Gasteiger partial charge in [-0.05, 0) is 13.3 Å². The number of hydrogen-bond acceptors (Lipinski definition) is 4. The van der Waals surface area contributed by atoms with Crippen LogP contribution in [0.25, 0.3) is 0 Å². The molecule has 19 heavy (non-hydrogen) atoms. The summed E-state index contributed by atoms with van der Waals surface area (Å²) in [6.07, 6.45) is 7.13. The van der Waals surface area contributed by atoms with Gasteiger partial charge in [-0.2, -0.15) is 0 Å². The average Bonchev–Trinajstić information content (AvgIpc) is 2.86. The lowest BCUT2D eigenvalue weighted by Gasteiger charge is -2.27. The lowest BCUT2D eigenvalue weighted by molar-refractivity contribution is 0.214. The molecule has 2 heterocycles. The Hall–Kier alpha value is -0.940. The van der Waals surface area contributed by atoms with Crippen LogP contribution in [0.2, 0.25) is 0 Å². The molecule has 0 aromatic carbocycles. The molecule has 1 aliphatic rings. The van der Waals surface area contributed by atoms with Crippen LogP contribution in [0, 0.1) is 0 Å². The molecule has 1 aliphatic heterocycles. The summed E-state index contributed by atoms with van der Waals surface area (Å²) in [4.78, 5) is 2.45. The molecule has 0 aliphatic carbocycles. The highest BCUT2D eigenvalue weighted by atomic mass is 15.3. The van der Waals surface area contributed by atoms with Crippen LogP contribution in [-0.2, 0) is 13.1 Å². The van der Waals surface area contributed by atoms with E-state index in [0.29, 0.717) is 6.04 Å². The smallest absolute Gasteiger partial charge is 0.147 e. The van der Waals surface area contributed by atoms with E-state index in [2.05, 4.69) is 38.8 Å². The fraction of sp³-hybridized carbons (Fsp3) is 0.857. The Labute approximate surface area is 116 Å². The van der Waals surface area contributed by atoms with E-state index in [1.165, 1.54) is 25.7 Å². The minimum Gasteiger partial charge on any atom is -0.315 e. The summed E-state index contributed by atoms with van der Waals surface area (Å²) in [7, 11) is 0. The van der Waals surface area contributed by atoms with Crippen molar-refractivity contribution in [3.05, 3.63) is 12.2 Å². The Morgan fingerprint density at radius 3 is 3.11 bits per heavy atom. The first-order valence-corrected chi connectivity index (χ1v) is 7.62.